The molecule has 102 valence electrons. The molecule has 1 unspecified atom stereocenters. The van der Waals surface area contributed by atoms with Gasteiger partial charge in [-0.1, -0.05) is 6.42 Å². The molecule has 1 heterocycles. The highest BCUT2D eigenvalue weighted by molar-refractivity contribution is 5.81. The third kappa shape index (κ3) is 2.44. The molecular weight excluding hydrogens is 234 g/mol. The lowest BCUT2D eigenvalue weighted by atomic mass is 9.67. The number of carbonyl (C=O) groups excluding carboxylic acids is 1. The number of carboxylic acid groups (broad SMARTS) is 1. The second kappa shape index (κ2) is 4.14. The van der Waals surface area contributed by atoms with E-state index in [1.807, 2.05) is 0 Å². The van der Waals surface area contributed by atoms with Gasteiger partial charge in [-0.2, -0.15) is 0 Å². The van der Waals surface area contributed by atoms with E-state index < -0.39 is 23.7 Å². The Hall–Kier alpha value is -1.26. The highest BCUT2D eigenvalue weighted by Gasteiger charge is 2.52. The molecule has 1 spiro atoms. The third-order valence-corrected chi connectivity index (χ3v) is 3.84. The molecule has 2 aliphatic rings. The van der Waals surface area contributed by atoms with Gasteiger partial charge in [0, 0.05) is 6.54 Å². The van der Waals surface area contributed by atoms with E-state index in [2.05, 4.69) is 0 Å². The second-order valence-electron chi connectivity index (χ2n) is 6.52. The van der Waals surface area contributed by atoms with E-state index in [9.17, 15) is 14.7 Å². The minimum Gasteiger partial charge on any atom is -0.480 e. The van der Waals surface area contributed by atoms with Crippen LogP contribution in [0.25, 0.3) is 0 Å². The van der Waals surface area contributed by atoms with Crippen LogP contribution in [0.2, 0.25) is 0 Å². The Balaban J connectivity index is 2.10. The summed E-state index contributed by atoms with van der Waals surface area (Å²) in [5, 5.41) is 9.23. The second-order valence-corrected chi connectivity index (χ2v) is 6.52. The number of carboxylic acids is 1. The minimum absolute atomic E-state index is 0.0416. The summed E-state index contributed by atoms with van der Waals surface area (Å²) >= 11 is 0. The van der Waals surface area contributed by atoms with Crippen molar-refractivity contribution in [3.05, 3.63) is 0 Å². The lowest BCUT2D eigenvalue weighted by Crippen LogP contribution is -2.44. The van der Waals surface area contributed by atoms with E-state index in [1.54, 1.807) is 20.8 Å². The van der Waals surface area contributed by atoms with Gasteiger partial charge in [0.1, 0.15) is 11.6 Å². The molecule has 1 aliphatic heterocycles. The standard InChI is InChI=1S/C13H21NO4/c1-12(2,3)18-11(17)14-8-13(5-4-6-13)7-9(14)10(15)16/h9H,4-8H2,1-3H3,(H,15,16). The molecule has 1 atom stereocenters. The van der Waals surface area contributed by atoms with Gasteiger partial charge >= 0.3 is 12.1 Å². The number of hydrogen-bond acceptors (Lipinski definition) is 3. The first-order valence-corrected chi connectivity index (χ1v) is 6.45. The van der Waals surface area contributed by atoms with Crippen LogP contribution in [0.15, 0.2) is 0 Å². The molecule has 1 saturated heterocycles. The van der Waals surface area contributed by atoms with Crippen molar-refractivity contribution in [1.82, 2.24) is 4.90 Å². The van der Waals surface area contributed by atoms with Crippen LogP contribution >= 0.6 is 0 Å². The van der Waals surface area contributed by atoms with Crippen molar-refractivity contribution in [3.8, 4) is 0 Å². The van der Waals surface area contributed by atoms with Crippen molar-refractivity contribution in [2.24, 2.45) is 5.41 Å². The Labute approximate surface area is 107 Å². The highest BCUT2D eigenvalue weighted by Crippen LogP contribution is 2.50. The van der Waals surface area contributed by atoms with Crippen LogP contribution in [0.1, 0.15) is 46.5 Å². The largest absolute Gasteiger partial charge is 0.480 e. The van der Waals surface area contributed by atoms with E-state index in [-0.39, 0.29) is 5.41 Å². The Morgan fingerprint density at radius 3 is 2.33 bits per heavy atom. The summed E-state index contributed by atoms with van der Waals surface area (Å²) in [6.45, 7) is 5.89. The zero-order chi connectivity index (χ0) is 13.6. The fourth-order valence-corrected chi connectivity index (χ4v) is 2.83. The maximum atomic E-state index is 12.0. The number of carbonyl (C=O) groups is 2. The van der Waals surface area contributed by atoms with Gasteiger partial charge in [-0.25, -0.2) is 9.59 Å². The van der Waals surface area contributed by atoms with E-state index >= 15 is 0 Å². The summed E-state index contributed by atoms with van der Waals surface area (Å²) in [7, 11) is 0. The molecule has 0 aromatic carbocycles. The molecule has 1 N–H and O–H groups in total. The molecule has 1 saturated carbocycles. The first-order chi connectivity index (χ1) is 8.22. The van der Waals surface area contributed by atoms with E-state index in [1.165, 1.54) is 4.90 Å². The van der Waals surface area contributed by atoms with Crippen molar-refractivity contribution in [3.63, 3.8) is 0 Å². The Bertz CT molecular complexity index is 368. The summed E-state index contributed by atoms with van der Waals surface area (Å²) in [6.07, 6.45) is 3.25. The monoisotopic (exact) mass is 255 g/mol. The summed E-state index contributed by atoms with van der Waals surface area (Å²) in [4.78, 5) is 24.7. The molecule has 2 rings (SSSR count). The summed E-state index contributed by atoms with van der Waals surface area (Å²) in [5.41, 5.74) is -0.546. The van der Waals surface area contributed by atoms with Crippen LogP contribution in [0.4, 0.5) is 4.79 Å². The van der Waals surface area contributed by atoms with Gasteiger partial charge in [-0.15, -0.1) is 0 Å². The first-order valence-electron chi connectivity index (χ1n) is 6.45. The zero-order valence-corrected chi connectivity index (χ0v) is 11.2. The van der Waals surface area contributed by atoms with Crippen molar-refractivity contribution in [2.75, 3.05) is 6.54 Å². The smallest absolute Gasteiger partial charge is 0.411 e. The topological polar surface area (TPSA) is 66.8 Å². The van der Waals surface area contributed by atoms with Gasteiger partial charge in [0.15, 0.2) is 0 Å². The van der Waals surface area contributed by atoms with Gasteiger partial charge in [-0.05, 0) is 45.4 Å². The quantitative estimate of drug-likeness (QED) is 0.780. The summed E-state index contributed by atoms with van der Waals surface area (Å²) in [5.74, 6) is -0.926. The van der Waals surface area contributed by atoms with E-state index in [4.69, 9.17) is 4.74 Å². The molecule has 0 bridgehead atoms. The van der Waals surface area contributed by atoms with Crippen molar-refractivity contribution in [2.45, 2.75) is 58.1 Å². The fourth-order valence-electron chi connectivity index (χ4n) is 2.83. The van der Waals surface area contributed by atoms with Crippen LogP contribution < -0.4 is 0 Å². The third-order valence-electron chi connectivity index (χ3n) is 3.84. The SMILES string of the molecule is CC(C)(C)OC(=O)N1CC2(CCC2)CC1C(=O)O. The van der Waals surface area contributed by atoms with Gasteiger partial charge in [-0.3, -0.25) is 4.90 Å². The predicted molar refractivity (Wildman–Crippen MR) is 65.3 cm³/mol. The van der Waals surface area contributed by atoms with Crippen LogP contribution in [-0.2, 0) is 9.53 Å². The van der Waals surface area contributed by atoms with Crippen LogP contribution in [0, 0.1) is 5.41 Å². The predicted octanol–water partition coefficient (Wildman–Crippen LogP) is 2.25. The summed E-state index contributed by atoms with van der Waals surface area (Å²) in [6, 6.07) is -0.722. The van der Waals surface area contributed by atoms with Gasteiger partial charge < -0.3 is 9.84 Å². The molecule has 5 nitrogen and oxygen atoms in total. The molecular formula is C13H21NO4. The average molecular weight is 255 g/mol. The fraction of sp³-hybridized carbons (Fsp3) is 0.846. The molecule has 5 heteroatoms. The first kappa shape index (κ1) is 13.2. The number of rotatable bonds is 1. The van der Waals surface area contributed by atoms with Crippen molar-refractivity contribution >= 4 is 12.1 Å². The molecule has 1 amide bonds. The Morgan fingerprint density at radius 1 is 1.33 bits per heavy atom. The van der Waals surface area contributed by atoms with Crippen LogP contribution in [0.5, 0.6) is 0 Å². The van der Waals surface area contributed by atoms with E-state index in [0.29, 0.717) is 13.0 Å². The molecule has 0 aromatic heterocycles. The van der Waals surface area contributed by atoms with Crippen LogP contribution in [0.3, 0.4) is 0 Å². The van der Waals surface area contributed by atoms with Gasteiger partial charge in [0.2, 0.25) is 0 Å². The molecule has 18 heavy (non-hydrogen) atoms. The number of aliphatic carboxylic acids is 1. The number of likely N-dealkylation sites (tertiary alicyclic amines) is 1. The normalized spacial score (nSPS) is 25.9. The van der Waals surface area contributed by atoms with Crippen molar-refractivity contribution < 1.29 is 19.4 Å². The maximum Gasteiger partial charge on any atom is 0.411 e. The Kier molecular flexibility index (Phi) is 3.03. The summed E-state index contributed by atoms with van der Waals surface area (Å²) < 4.78 is 5.29. The zero-order valence-electron chi connectivity index (χ0n) is 11.2. The van der Waals surface area contributed by atoms with E-state index in [0.717, 1.165) is 19.3 Å². The highest BCUT2D eigenvalue weighted by atomic mass is 16.6. The average Bonchev–Trinajstić information content (AvgIpc) is 2.54. The van der Waals surface area contributed by atoms with Gasteiger partial charge in [0.05, 0.1) is 0 Å². The lowest BCUT2D eigenvalue weighted by Gasteiger charge is -2.37. The van der Waals surface area contributed by atoms with Gasteiger partial charge in [0.25, 0.3) is 0 Å². The molecule has 1 aliphatic carbocycles. The van der Waals surface area contributed by atoms with Crippen LogP contribution in [-0.4, -0.2) is 40.3 Å². The maximum absolute atomic E-state index is 12.0. The molecule has 0 aromatic rings. The lowest BCUT2D eigenvalue weighted by molar-refractivity contribution is -0.142. The number of amides is 1. The molecule has 0 radical (unpaired) electrons. The molecule has 2 fully saturated rings. The number of ether oxygens (including phenoxy) is 1. The minimum atomic E-state index is -0.926. The number of hydrogen-bond donors (Lipinski definition) is 1. The Morgan fingerprint density at radius 2 is 1.94 bits per heavy atom. The number of nitrogens with zero attached hydrogens (tertiary/aromatic N) is 1. The van der Waals surface area contributed by atoms with Crippen molar-refractivity contribution in [1.29, 1.82) is 0 Å².